The summed E-state index contributed by atoms with van der Waals surface area (Å²) in [6, 6.07) is 2.23. The highest BCUT2D eigenvalue weighted by Gasteiger charge is 2.28. The number of carboxylic acid groups (broad SMARTS) is 1. The van der Waals surface area contributed by atoms with Crippen LogP contribution in [0.25, 0.3) is 0 Å². The van der Waals surface area contributed by atoms with Gasteiger partial charge in [-0.1, -0.05) is 0 Å². The van der Waals surface area contributed by atoms with Crippen LogP contribution in [0.3, 0.4) is 0 Å². The van der Waals surface area contributed by atoms with Crippen LogP contribution in [0.15, 0.2) is 0 Å². The van der Waals surface area contributed by atoms with E-state index < -0.39 is 11.5 Å². The van der Waals surface area contributed by atoms with Crippen molar-refractivity contribution in [2.24, 2.45) is 5.92 Å². The van der Waals surface area contributed by atoms with Crippen LogP contribution >= 0.6 is 0 Å². The van der Waals surface area contributed by atoms with Gasteiger partial charge < -0.3 is 5.11 Å². The summed E-state index contributed by atoms with van der Waals surface area (Å²) in [4.78, 5) is 10.3. The van der Waals surface area contributed by atoms with E-state index in [4.69, 9.17) is 10.4 Å². The lowest BCUT2D eigenvalue weighted by atomic mass is 9.96. The van der Waals surface area contributed by atoms with Gasteiger partial charge in [-0.15, -0.1) is 0 Å². The van der Waals surface area contributed by atoms with Gasteiger partial charge in [-0.25, -0.2) is 0 Å². The third-order valence-electron chi connectivity index (χ3n) is 2.79. The predicted octanol–water partition coefficient (Wildman–Crippen LogP) is 1.52. The summed E-state index contributed by atoms with van der Waals surface area (Å²) in [6.45, 7) is 2.73. The molecule has 0 amide bonds. The molecule has 1 saturated carbocycles. The molecule has 1 aliphatic rings. The number of hydrogen-bond donors (Lipinski definition) is 2. The van der Waals surface area contributed by atoms with E-state index in [0.717, 1.165) is 12.5 Å². The predicted molar refractivity (Wildman–Crippen MR) is 56.2 cm³/mol. The summed E-state index contributed by atoms with van der Waals surface area (Å²) in [5.74, 6) is -0.0605. The normalized spacial score (nSPS) is 19.2. The smallest absolute Gasteiger partial charge is 0.303 e. The molecule has 0 aromatic rings. The molecule has 0 aromatic carbocycles. The lowest BCUT2D eigenvalue weighted by Crippen LogP contribution is -2.42. The lowest BCUT2D eigenvalue weighted by molar-refractivity contribution is -0.137. The monoisotopic (exact) mass is 210 g/mol. The van der Waals surface area contributed by atoms with Crippen LogP contribution in [-0.4, -0.2) is 23.2 Å². The zero-order valence-electron chi connectivity index (χ0n) is 9.12. The molecule has 1 aliphatic carbocycles. The quantitative estimate of drug-likeness (QED) is 0.668. The van der Waals surface area contributed by atoms with Crippen molar-refractivity contribution in [3.63, 3.8) is 0 Å². The largest absolute Gasteiger partial charge is 0.481 e. The molecule has 0 radical (unpaired) electrons. The molecular formula is C11H18N2O2. The first kappa shape index (κ1) is 12.0. The van der Waals surface area contributed by atoms with E-state index in [9.17, 15) is 4.79 Å². The van der Waals surface area contributed by atoms with E-state index in [1.165, 1.54) is 12.8 Å². The van der Waals surface area contributed by atoms with Crippen molar-refractivity contribution < 1.29 is 9.90 Å². The molecule has 1 atom stereocenters. The van der Waals surface area contributed by atoms with Crippen LogP contribution in [-0.2, 0) is 4.79 Å². The number of carboxylic acids is 1. The number of rotatable bonds is 7. The third kappa shape index (κ3) is 4.80. The summed E-state index contributed by atoms with van der Waals surface area (Å²) in [7, 11) is 0. The molecule has 1 fully saturated rings. The van der Waals surface area contributed by atoms with Gasteiger partial charge in [-0.2, -0.15) is 5.26 Å². The summed E-state index contributed by atoms with van der Waals surface area (Å²) in [5.41, 5.74) is -0.557. The van der Waals surface area contributed by atoms with Crippen LogP contribution in [0.4, 0.5) is 0 Å². The fourth-order valence-corrected chi connectivity index (χ4v) is 1.47. The molecule has 2 N–H and O–H groups in total. The van der Waals surface area contributed by atoms with Crippen molar-refractivity contribution in [2.45, 2.75) is 44.6 Å². The number of nitrogens with one attached hydrogen (secondary N) is 1. The van der Waals surface area contributed by atoms with E-state index >= 15 is 0 Å². The van der Waals surface area contributed by atoms with Crippen molar-refractivity contribution in [1.29, 1.82) is 5.26 Å². The summed E-state index contributed by atoms with van der Waals surface area (Å²) in [5, 5.41) is 20.8. The molecule has 0 bridgehead atoms. The standard InChI is InChI=1S/C11H18N2O2/c1-11(8-12,6-2-3-10(14)15)13-7-9-4-5-9/h9,13H,2-7H2,1H3,(H,14,15). The average Bonchev–Trinajstić information content (AvgIpc) is 2.98. The van der Waals surface area contributed by atoms with E-state index in [0.29, 0.717) is 12.8 Å². The maximum Gasteiger partial charge on any atom is 0.303 e. The van der Waals surface area contributed by atoms with Gasteiger partial charge in [0, 0.05) is 6.42 Å². The van der Waals surface area contributed by atoms with Gasteiger partial charge in [-0.3, -0.25) is 10.1 Å². The molecule has 4 nitrogen and oxygen atoms in total. The van der Waals surface area contributed by atoms with Gasteiger partial charge in [-0.05, 0) is 45.1 Å². The minimum atomic E-state index is -0.794. The number of nitriles is 1. The highest BCUT2D eigenvalue weighted by atomic mass is 16.4. The van der Waals surface area contributed by atoms with E-state index in [1.807, 2.05) is 6.92 Å². The van der Waals surface area contributed by atoms with Crippen molar-refractivity contribution >= 4 is 5.97 Å². The Balaban J connectivity index is 2.24. The van der Waals surface area contributed by atoms with E-state index in [-0.39, 0.29) is 6.42 Å². The summed E-state index contributed by atoms with van der Waals surface area (Å²) in [6.07, 6.45) is 3.80. The first-order chi connectivity index (χ1) is 7.06. The van der Waals surface area contributed by atoms with Crippen molar-refractivity contribution in [2.75, 3.05) is 6.54 Å². The molecule has 15 heavy (non-hydrogen) atoms. The highest BCUT2D eigenvalue weighted by molar-refractivity contribution is 5.66. The van der Waals surface area contributed by atoms with Crippen LogP contribution in [0, 0.1) is 17.2 Å². The van der Waals surface area contributed by atoms with Gasteiger partial charge in [0.2, 0.25) is 0 Å². The van der Waals surface area contributed by atoms with Crippen LogP contribution < -0.4 is 5.32 Å². The second kappa shape index (κ2) is 5.13. The van der Waals surface area contributed by atoms with Crippen molar-refractivity contribution in [3.8, 4) is 6.07 Å². The van der Waals surface area contributed by atoms with Gasteiger partial charge in [0.1, 0.15) is 5.54 Å². The first-order valence-electron chi connectivity index (χ1n) is 5.44. The molecule has 4 heteroatoms. The topological polar surface area (TPSA) is 73.1 Å². The van der Waals surface area contributed by atoms with Crippen LogP contribution in [0.1, 0.15) is 39.0 Å². The Morgan fingerprint density at radius 1 is 1.67 bits per heavy atom. The number of hydrogen-bond acceptors (Lipinski definition) is 3. The Hall–Kier alpha value is -1.08. The van der Waals surface area contributed by atoms with Crippen LogP contribution in [0.2, 0.25) is 0 Å². The van der Waals surface area contributed by atoms with Crippen LogP contribution in [0.5, 0.6) is 0 Å². The Kier molecular flexibility index (Phi) is 4.10. The van der Waals surface area contributed by atoms with E-state index in [1.54, 1.807) is 0 Å². The Morgan fingerprint density at radius 3 is 2.80 bits per heavy atom. The molecule has 0 heterocycles. The minimum Gasteiger partial charge on any atom is -0.481 e. The van der Waals surface area contributed by atoms with E-state index in [2.05, 4.69) is 11.4 Å². The number of carbonyl (C=O) groups is 1. The second-order valence-electron chi connectivity index (χ2n) is 4.52. The van der Waals surface area contributed by atoms with Crippen molar-refractivity contribution in [3.05, 3.63) is 0 Å². The Morgan fingerprint density at radius 2 is 2.33 bits per heavy atom. The molecule has 1 rings (SSSR count). The third-order valence-corrected chi connectivity index (χ3v) is 2.79. The molecule has 1 unspecified atom stereocenters. The number of nitrogens with zero attached hydrogens (tertiary/aromatic N) is 1. The summed E-state index contributed by atoms with van der Waals surface area (Å²) < 4.78 is 0. The van der Waals surface area contributed by atoms with Crippen molar-refractivity contribution in [1.82, 2.24) is 5.32 Å². The molecule has 0 spiro atoms. The Bertz CT molecular complexity index is 268. The molecule has 0 saturated heterocycles. The fraction of sp³-hybridized carbons (Fsp3) is 0.818. The van der Waals surface area contributed by atoms with Gasteiger partial charge in [0.05, 0.1) is 6.07 Å². The maximum absolute atomic E-state index is 10.3. The second-order valence-corrected chi connectivity index (χ2v) is 4.52. The Labute approximate surface area is 90.3 Å². The van der Waals surface area contributed by atoms with Gasteiger partial charge >= 0.3 is 5.97 Å². The average molecular weight is 210 g/mol. The van der Waals surface area contributed by atoms with Gasteiger partial charge in [0.25, 0.3) is 0 Å². The SMILES string of the molecule is CC(C#N)(CCCC(=O)O)NCC1CC1. The fourth-order valence-electron chi connectivity index (χ4n) is 1.47. The van der Waals surface area contributed by atoms with Gasteiger partial charge in [0.15, 0.2) is 0 Å². The summed E-state index contributed by atoms with van der Waals surface area (Å²) >= 11 is 0. The molecular weight excluding hydrogens is 192 g/mol. The molecule has 0 aliphatic heterocycles. The maximum atomic E-state index is 10.3. The number of aliphatic carboxylic acids is 1. The lowest BCUT2D eigenvalue weighted by Gasteiger charge is -2.22. The zero-order valence-corrected chi connectivity index (χ0v) is 9.12. The molecule has 0 aromatic heterocycles. The highest BCUT2D eigenvalue weighted by Crippen LogP contribution is 2.28. The zero-order chi connectivity index (χ0) is 11.3. The minimum absolute atomic E-state index is 0.141. The first-order valence-corrected chi connectivity index (χ1v) is 5.44. The molecule has 84 valence electrons.